The van der Waals surface area contributed by atoms with Gasteiger partial charge in [0.05, 0.1) is 17.8 Å². The number of benzene rings is 2. The second-order valence-corrected chi connectivity index (χ2v) is 6.82. The third-order valence-electron chi connectivity index (χ3n) is 4.42. The van der Waals surface area contributed by atoms with Gasteiger partial charge in [-0.2, -0.15) is 10.2 Å². The number of hydrogen-bond donors (Lipinski definition) is 1. The van der Waals surface area contributed by atoms with Crippen LogP contribution in [-0.4, -0.2) is 25.5 Å². The van der Waals surface area contributed by atoms with Crippen molar-refractivity contribution in [2.45, 2.75) is 13.5 Å². The van der Waals surface area contributed by atoms with E-state index in [1.165, 1.54) is 10.7 Å². The Morgan fingerprint density at radius 2 is 1.97 bits per heavy atom. The minimum Gasteiger partial charge on any atom is -0.322 e. The fourth-order valence-electron chi connectivity index (χ4n) is 3.05. The van der Waals surface area contributed by atoms with Crippen LogP contribution in [0.2, 0.25) is 5.15 Å². The van der Waals surface area contributed by atoms with Crippen LogP contribution in [0.4, 0.5) is 10.1 Å². The van der Waals surface area contributed by atoms with Gasteiger partial charge in [-0.25, -0.2) is 13.8 Å². The Balaban J connectivity index is 1.55. The summed E-state index contributed by atoms with van der Waals surface area (Å²) < 4.78 is 17.4. The van der Waals surface area contributed by atoms with E-state index in [2.05, 4.69) is 15.5 Å². The molecule has 1 amide bonds. The lowest BCUT2D eigenvalue weighted by Gasteiger charge is -2.08. The molecule has 2 aromatic carbocycles. The van der Waals surface area contributed by atoms with Crippen molar-refractivity contribution in [3.05, 3.63) is 94.8 Å². The maximum absolute atomic E-state index is 14.4. The summed E-state index contributed by atoms with van der Waals surface area (Å²) in [5.41, 5.74) is 2.38. The first-order valence-corrected chi connectivity index (χ1v) is 9.28. The number of aromatic nitrogens is 4. The van der Waals surface area contributed by atoms with Gasteiger partial charge in [0, 0.05) is 18.1 Å². The molecular weight excluding hydrogens is 393 g/mol. The van der Waals surface area contributed by atoms with Crippen LogP contribution in [0.3, 0.4) is 0 Å². The zero-order chi connectivity index (χ0) is 20.4. The second-order valence-electron chi connectivity index (χ2n) is 6.47. The van der Waals surface area contributed by atoms with Gasteiger partial charge in [0.25, 0.3) is 5.91 Å². The third-order valence-corrected chi connectivity index (χ3v) is 4.81. The van der Waals surface area contributed by atoms with Crippen LogP contribution in [0.1, 0.15) is 21.6 Å². The van der Waals surface area contributed by atoms with Gasteiger partial charge >= 0.3 is 0 Å². The van der Waals surface area contributed by atoms with Crippen molar-refractivity contribution in [3.63, 3.8) is 0 Å². The van der Waals surface area contributed by atoms with Crippen LogP contribution >= 0.6 is 11.6 Å². The topological polar surface area (TPSA) is 64.7 Å². The summed E-state index contributed by atoms with van der Waals surface area (Å²) in [6.07, 6.45) is 3.20. The SMILES string of the molecule is Cc1nn(Cc2ccccc2)c(Cl)c1C(=O)Nc1ccc(-n2cccn2)c(F)c1. The van der Waals surface area contributed by atoms with Crippen molar-refractivity contribution in [2.75, 3.05) is 5.32 Å². The summed E-state index contributed by atoms with van der Waals surface area (Å²) >= 11 is 6.42. The van der Waals surface area contributed by atoms with Crippen LogP contribution in [-0.2, 0) is 6.54 Å². The molecule has 0 fully saturated rings. The molecule has 2 heterocycles. The average Bonchev–Trinajstić information content (AvgIpc) is 3.31. The van der Waals surface area contributed by atoms with Crippen LogP contribution in [0, 0.1) is 12.7 Å². The van der Waals surface area contributed by atoms with Crippen molar-refractivity contribution in [2.24, 2.45) is 0 Å². The molecule has 0 aliphatic rings. The fourth-order valence-corrected chi connectivity index (χ4v) is 3.37. The molecule has 0 unspecified atom stereocenters. The second kappa shape index (κ2) is 7.89. The number of nitrogens with one attached hydrogen (secondary N) is 1. The Hall–Kier alpha value is -3.45. The Morgan fingerprint density at radius 1 is 1.17 bits per heavy atom. The van der Waals surface area contributed by atoms with Crippen LogP contribution in [0.15, 0.2) is 67.0 Å². The van der Waals surface area contributed by atoms with Gasteiger partial charge < -0.3 is 5.32 Å². The van der Waals surface area contributed by atoms with Gasteiger partial charge in [-0.3, -0.25) is 4.79 Å². The number of halogens is 2. The predicted molar refractivity (Wildman–Crippen MR) is 109 cm³/mol. The first-order chi connectivity index (χ1) is 14.0. The number of hydrogen-bond acceptors (Lipinski definition) is 3. The smallest absolute Gasteiger partial charge is 0.260 e. The highest BCUT2D eigenvalue weighted by Crippen LogP contribution is 2.23. The van der Waals surface area contributed by atoms with E-state index in [0.29, 0.717) is 17.9 Å². The first kappa shape index (κ1) is 18.9. The van der Waals surface area contributed by atoms with E-state index in [0.717, 1.165) is 5.56 Å². The highest BCUT2D eigenvalue weighted by atomic mass is 35.5. The van der Waals surface area contributed by atoms with Gasteiger partial charge in [-0.05, 0) is 36.8 Å². The zero-order valence-corrected chi connectivity index (χ0v) is 16.3. The van der Waals surface area contributed by atoms with Crippen molar-refractivity contribution >= 4 is 23.2 Å². The van der Waals surface area contributed by atoms with E-state index in [9.17, 15) is 9.18 Å². The molecule has 0 atom stereocenters. The lowest BCUT2D eigenvalue weighted by atomic mass is 10.2. The summed E-state index contributed by atoms with van der Waals surface area (Å²) in [6.45, 7) is 2.16. The van der Waals surface area contributed by atoms with Gasteiger partial charge in [-0.1, -0.05) is 41.9 Å². The number of carbonyl (C=O) groups is 1. The first-order valence-electron chi connectivity index (χ1n) is 8.90. The van der Waals surface area contributed by atoms with E-state index < -0.39 is 11.7 Å². The molecule has 0 saturated carbocycles. The van der Waals surface area contributed by atoms with E-state index >= 15 is 0 Å². The standard InChI is InChI=1S/C21H17ClFN5O/c1-14-19(20(22)28(26-14)13-15-6-3-2-4-7-15)21(29)25-16-8-9-18(17(23)12-16)27-11-5-10-24-27/h2-12H,13H2,1H3,(H,25,29). The number of nitrogens with zero attached hydrogens (tertiary/aromatic N) is 4. The zero-order valence-electron chi connectivity index (χ0n) is 15.5. The summed E-state index contributed by atoms with van der Waals surface area (Å²) in [5.74, 6) is -0.952. The van der Waals surface area contributed by atoms with Crippen LogP contribution < -0.4 is 5.32 Å². The van der Waals surface area contributed by atoms with Crippen LogP contribution in [0.5, 0.6) is 0 Å². The molecule has 2 aromatic heterocycles. The molecule has 4 rings (SSSR count). The summed E-state index contributed by atoms with van der Waals surface area (Å²) in [5, 5.41) is 11.3. The largest absolute Gasteiger partial charge is 0.322 e. The fraction of sp³-hybridized carbons (Fsp3) is 0.0952. The molecule has 0 spiro atoms. The Kier molecular flexibility index (Phi) is 5.14. The van der Waals surface area contributed by atoms with Gasteiger partial charge in [0.2, 0.25) is 0 Å². The van der Waals surface area contributed by atoms with Gasteiger partial charge in [-0.15, -0.1) is 0 Å². The van der Waals surface area contributed by atoms with Crippen molar-refractivity contribution in [1.29, 1.82) is 0 Å². The number of rotatable bonds is 5. The highest BCUT2D eigenvalue weighted by Gasteiger charge is 2.21. The number of aryl methyl sites for hydroxylation is 1. The molecule has 0 saturated heterocycles. The predicted octanol–water partition coefficient (Wildman–Crippen LogP) is 4.47. The molecule has 4 aromatic rings. The monoisotopic (exact) mass is 409 g/mol. The van der Waals surface area contributed by atoms with E-state index in [4.69, 9.17) is 11.6 Å². The maximum Gasteiger partial charge on any atom is 0.260 e. The molecule has 6 nitrogen and oxygen atoms in total. The highest BCUT2D eigenvalue weighted by molar-refractivity contribution is 6.33. The van der Waals surface area contributed by atoms with Crippen molar-refractivity contribution in [1.82, 2.24) is 19.6 Å². The van der Waals surface area contributed by atoms with Crippen molar-refractivity contribution < 1.29 is 9.18 Å². The molecule has 0 bridgehead atoms. The van der Waals surface area contributed by atoms with Gasteiger partial charge in [0.1, 0.15) is 10.8 Å². The Morgan fingerprint density at radius 3 is 2.66 bits per heavy atom. The minimum atomic E-state index is -0.505. The average molecular weight is 410 g/mol. The van der Waals surface area contributed by atoms with E-state index in [1.807, 2.05) is 30.3 Å². The molecule has 0 radical (unpaired) electrons. The molecule has 29 heavy (non-hydrogen) atoms. The lowest BCUT2D eigenvalue weighted by molar-refractivity contribution is 0.102. The number of anilines is 1. The van der Waals surface area contributed by atoms with Gasteiger partial charge in [0.15, 0.2) is 5.82 Å². The lowest BCUT2D eigenvalue weighted by Crippen LogP contribution is -2.14. The minimum absolute atomic E-state index is 0.234. The summed E-state index contributed by atoms with van der Waals surface area (Å²) in [7, 11) is 0. The molecule has 146 valence electrons. The quantitative estimate of drug-likeness (QED) is 0.529. The molecular formula is C21H17ClFN5O. The number of amides is 1. The number of carbonyl (C=O) groups excluding carboxylic acids is 1. The molecule has 8 heteroatoms. The Bertz CT molecular complexity index is 1160. The molecule has 0 aliphatic carbocycles. The summed E-state index contributed by atoms with van der Waals surface area (Å²) in [6, 6.07) is 15.8. The maximum atomic E-state index is 14.4. The van der Waals surface area contributed by atoms with E-state index in [-0.39, 0.29) is 16.4 Å². The summed E-state index contributed by atoms with van der Waals surface area (Å²) in [4.78, 5) is 12.8. The van der Waals surface area contributed by atoms with Crippen molar-refractivity contribution in [3.8, 4) is 5.69 Å². The van der Waals surface area contributed by atoms with E-state index in [1.54, 1.807) is 42.2 Å². The molecule has 0 aliphatic heterocycles. The third kappa shape index (κ3) is 3.90. The normalized spacial score (nSPS) is 10.9. The Labute approximate surface area is 171 Å². The van der Waals surface area contributed by atoms with Crippen LogP contribution in [0.25, 0.3) is 5.69 Å². The molecule has 1 N–H and O–H groups in total.